The summed E-state index contributed by atoms with van der Waals surface area (Å²) in [7, 11) is 0. The highest BCUT2D eigenvalue weighted by molar-refractivity contribution is 5.69. The number of rotatable bonds is 1. The van der Waals surface area contributed by atoms with Gasteiger partial charge < -0.3 is 11.5 Å². The van der Waals surface area contributed by atoms with Crippen molar-refractivity contribution in [2.24, 2.45) is 0 Å². The van der Waals surface area contributed by atoms with Crippen LogP contribution in [0.5, 0.6) is 0 Å². The third-order valence-electron chi connectivity index (χ3n) is 2.72. The first-order chi connectivity index (χ1) is 8.65. The lowest BCUT2D eigenvalue weighted by Gasteiger charge is -2.05. The quantitative estimate of drug-likeness (QED) is 0.667. The number of nitrogens with zero attached hydrogens (tertiary/aromatic N) is 4. The van der Waals surface area contributed by atoms with Gasteiger partial charge in [-0.3, -0.25) is 0 Å². The van der Waals surface area contributed by atoms with E-state index in [9.17, 15) is 0 Å². The van der Waals surface area contributed by atoms with E-state index in [2.05, 4.69) is 15.1 Å². The van der Waals surface area contributed by atoms with Crippen LogP contribution in [0.15, 0.2) is 30.5 Å². The molecule has 2 heterocycles. The number of nitrogens with two attached hydrogens (primary N) is 2. The molecule has 0 saturated heterocycles. The minimum Gasteiger partial charge on any atom is -0.381 e. The Hall–Kier alpha value is -2.63. The van der Waals surface area contributed by atoms with Crippen LogP contribution in [0.4, 0.5) is 11.8 Å². The van der Waals surface area contributed by atoms with E-state index >= 15 is 0 Å². The molecule has 0 saturated carbocycles. The van der Waals surface area contributed by atoms with Gasteiger partial charge in [-0.25, -0.2) is 9.50 Å². The molecule has 0 aliphatic heterocycles. The van der Waals surface area contributed by atoms with Crippen molar-refractivity contribution >= 4 is 17.4 Å². The monoisotopic (exact) mass is 240 g/mol. The van der Waals surface area contributed by atoms with E-state index in [1.807, 2.05) is 31.2 Å². The molecule has 90 valence electrons. The van der Waals surface area contributed by atoms with Gasteiger partial charge >= 0.3 is 0 Å². The van der Waals surface area contributed by atoms with Crippen LogP contribution in [0.25, 0.3) is 16.9 Å². The van der Waals surface area contributed by atoms with Crippen LogP contribution in [0.1, 0.15) is 5.56 Å². The second-order valence-electron chi connectivity index (χ2n) is 4.10. The van der Waals surface area contributed by atoms with Crippen LogP contribution in [0.3, 0.4) is 0 Å². The fourth-order valence-electron chi connectivity index (χ4n) is 1.91. The highest BCUT2D eigenvalue weighted by Crippen LogP contribution is 2.22. The molecule has 0 bridgehead atoms. The van der Waals surface area contributed by atoms with E-state index in [1.54, 1.807) is 10.7 Å². The van der Waals surface area contributed by atoms with E-state index in [4.69, 9.17) is 11.5 Å². The first-order valence-corrected chi connectivity index (χ1v) is 5.49. The van der Waals surface area contributed by atoms with Crippen LogP contribution >= 0.6 is 0 Å². The minimum atomic E-state index is 0.184. The molecule has 0 radical (unpaired) electrons. The van der Waals surface area contributed by atoms with Gasteiger partial charge in [-0.2, -0.15) is 4.98 Å². The number of hydrogen-bond donors (Lipinski definition) is 2. The summed E-state index contributed by atoms with van der Waals surface area (Å²) < 4.78 is 1.62. The molecule has 6 heteroatoms. The van der Waals surface area contributed by atoms with Crippen molar-refractivity contribution in [1.82, 2.24) is 19.6 Å². The van der Waals surface area contributed by atoms with E-state index in [0.717, 1.165) is 16.8 Å². The second kappa shape index (κ2) is 3.69. The van der Waals surface area contributed by atoms with Crippen LogP contribution in [0, 0.1) is 6.92 Å². The summed E-state index contributed by atoms with van der Waals surface area (Å²) in [6.07, 6.45) is 1.67. The maximum Gasteiger partial charge on any atom is 0.240 e. The molecule has 0 amide bonds. The fourth-order valence-corrected chi connectivity index (χ4v) is 1.91. The van der Waals surface area contributed by atoms with Crippen LogP contribution in [-0.2, 0) is 0 Å². The first-order valence-electron chi connectivity index (χ1n) is 5.49. The molecule has 18 heavy (non-hydrogen) atoms. The van der Waals surface area contributed by atoms with Crippen molar-refractivity contribution < 1.29 is 0 Å². The van der Waals surface area contributed by atoms with Gasteiger partial charge in [-0.05, 0) is 13.0 Å². The summed E-state index contributed by atoms with van der Waals surface area (Å²) in [6.45, 7) is 2.03. The molecule has 0 fully saturated rings. The van der Waals surface area contributed by atoms with Crippen molar-refractivity contribution in [3.05, 3.63) is 36.0 Å². The summed E-state index contributed by atoms with van der Waals surface area (Å²) in [4.78, 5) is 8.19. The Balaban J connectivity index is 2.33. The molecule has 4 N–H and O–H groups in total. The predicted molar refractivity (Wildman–Crippen MR) is 69.8 cm³/mol. The molecule has 0 aliphatic carbocycles. The Bertz CT molecular complexity index is 731. The minimum absolute atomic E-state index is 0.184. The molecule has 2 aromatic heterocycles. The third-order valence-corrected chi connectivity index (χ3v) is 2.72. The highest BCUT2D eigenvalue weighted by Gasteiger charge is 2.11. The van der Waals surface area contributed by atoms with Crippen LogP contribution < -0.4 is 11.5 Å². The van der Waals surface area contributed by atoms with Crippen molar-refractivity contribution in [3.8, 4) is 11.3 Å². The van der Waals surface area contributed by atoms with E-state index in [-0.39, 0.29) is 5.95 Å². The van der Waals surface area contributed by atoms with Gasteiger partial charge in [0.2, 0.25) is 5.95 Å². The number of fused-ring (bicyclic) bond motifs is 1. The average molecular weight is 240 g/mol. The summed E-state index contributed by atoms with van der Waals surface area (Å²) in [5.41, 5.74) is 14.8. The van der Waals surface area contributed by atoms with Crippen molar-refractivity contribution in [2.45, 2.75) is 6.92 Å². The molecule has 6 nitrogen and oxygen atoms in total. The third kappa shape index (κ3) is 1.55. The topological polar surface area (TPSA) is 95.1 Å². The molecule has 3 aromatic rings. The highest BCUT2D eigenvalue weighted by atomic mass is 15.3. The largest absolute Gasteiger partial charge is 0.381 e. The normalized spacial score (nSPS) is 10.9. The van der Waals surface area contributed by atoms with E-state index < -0.39 is 0 Å². The van der Waals surface area contributed by atoms with Gasteiger partial charge in [0.15, 0.2) is 11.5 Å². The number of aromatic nitrogens is 4. The van der Waals surface area contributed by atoms with Crippen LogP contribution in [-0.4, -0.2) is 19.6 Å². The Morgan fingerprint density at radius 3 is 2.83 bits per heavy atom. The second-order valence-corrected chi connectivity index (χ2v) is 4.10. The lowest BCUT2D eigenvalue weighted by Crippen LogP contribution is -2.01. The van der Waals surface area contributed by atoms with Crippen molar-refractivity contribution in [3.63, 3.8) is 0 Å². The van der Waals surface area contributed by atoms with E-state index in [1.165, 1.54) is 0 Å². The standard InChI is InChI=1S/C12H12N6/c1-7-3-2-4-8(5-7)9-6-15-10(13)11-16-12(14)17-18(9)11/h2-6H,1H3,(H2,13,15)(H2,14,17). The number of anilines is 2. The van der Waals surface area contributed by atoms with Gasteiger partial charge in [0.25, 0.3) is 0 Å². The maximum absolute atomic E-state index is 5.76. The van der Waals surface area contributed by atoms with Crippen molar-refractivity contribution in [1.29, 1.82) is 0 Å². The summed E-state index contributed by atoms with van der Waals surface area (Å²) >= 11 is 0. The number of aryl methyl sites for hydroxylation is 1. The van der Waals surface area contributed by atoms with Gasteiger partial charge in [0.1, 0.15) is 0 Å². The van der Waals surface area contributed by atoms with Crippen molar-refractivity contribution in [2.75, 3.05) is 11.5 Å². The Kier molecular flexibility index (Phi) is 2.16. The van der Waals surface area contributed by atoms with Gasteiger partial charge in [-0.1, -0.05) is 23.8 Å². The lowest BCUT2D eigenvalue weighted by atomic mass is 10.1. The molecule has 3 rings (SSSR count). The lowest BCUT2D eigenvalue weighted by molar-refractivity contribution is 0.963. The summed E-state index contributed by atoms with van der Waals surface area (Å²) in [5.74, 6) is 0.499. The molecule has 0 aliphatic rings. The SMILES string of the molecule is Cc1cccc(-c2cnc(N)c3nc(N)nn23)c1. The summed E-state index contributed by atoms with van der Waals surface area (Å²) in [5, 5.41) is 4.14. The predicted octanol–water partition coefficient (Wildman–Crippen LogP) is 1.26. The van der Waals surface area contributed by atoms with E-state index in [0.29, 0.717) is 11.5 Å². The average Bonchev–Trinajstić information content (AvgIpc) is 2.72. The molecule has 0 spiro atoms. The molecular weight excluding hydrogens is 228 g/mol. The van der Waals surface area contributed by atoms with Gasteiger partial charge in [0.05, 0.1) is 11.9 Å². The molecule has 0 unspecified atom stereocenters. The smallest absolute Gasteiger partial charge is 0.240 e. The zero-order chi connectivity index (χ0) is 12.7. The zero-order valence-corrected chi connectivity index (χ0v) is 9.83. The maximum atomic E-state index is 5.76. The zero-order valence-electron chi connectivity index (χ0n) is 9.83. The summed E-state index contributed by atoms with van der Waals surface area (Å²) in [6, 6.07) is 8.04. The fraction of sp³-hybridized carbons (Fsp3) is 0.0833. The Morgan fingerprint density at radius 2 is 2.06 bits per heavy atom. The molecule has 0 atom stereocenters. The number of benzene rings is 1. The molecule has 1 aromatic carbocycles. The number of nitrogen functional groups attached to an aromatic ring is 2. The van der Waals surface area contributed by atoms with Crippen LogP contribution in [0.2, 0.25) is 0 Å². The van der Waals surface area contributed by atoms with Gasteiger partial charge in [-0.15, -0.1) is 5.10 Å². The Labute approximate surface area is 103 Å². The Morgan fingerprint density at radius 1 is 1.22 bits per heavy atom. The van der Waals surface area contributed by atoms with Gasteiger partial charge in [0, 0.05) is 5.56 Å². The molecular formula is C12H12N6. The number of hydrogen-bond acceptors (Lipinski definition) is 5. The first kappa shape index (κ1) is 10.5.